The van der Waals surface area contributed by atoms with Gasteiger partial charge >= 0.3 is 0 Å². The van der Waals surface area contributed by atoms with E-state index in [-0.39, 0.29) is 0 Å². The van der Waals surface area contributed by atoms with E-state index in [2.05, 4.69) is 74.3 Å². The summed E-state index contributed by atoms with van der Waals surface area (Å²) < 4.78 is 0. The first-order valence-corrected chi connectivity index (χ1v) is 7.23. The molecule has 1 fully saturated rings. The minimum atomic E-state index is 0.569. The average Bonchev–Trinajstić information content (AvgIpc) is 3.24. The molecular weight excluding hydrogens is 242 g/mol. The van der Waals surface area contributed by atoms with Crippen molar-refractivity contribution in [2.24, 2.45) is 5.92 Å². The normalized spacial score (nSPS) is 20.5. The molecule has 20 heavy (non-hydrogen) atoms. The number of hydrogen-bond donors (Lipinski definition) is 1. The molecule has 0 heterocycles. The van der Waals surface area contributed by atoms with E-state index in [1.807, 2.05) is 0 Å². The van der Waals surface area contributed by atoms with Crippen LogP contribution in [-0.2, 0) is 0 Å². The van der Waals surface area contributed by atoms with Gasteiger partial charge in [-0.05, 0) is 55.0 Å². The van der Waals surface area contributed by atoms with Gasteiger partial charge in [0.05, 0.1) is 0 Å². The van der Waals surface area contributed by atoms with E-state index >= 15 is 0 Å². The quantitative estimate of drug-likeness (QED) is 0.815. The van der Waals surface area contributed by atoms with Gasteiger partial charge in [0.25, 0.3) is 0 Å². The van der Waals surface area contributed by atoms with Crippen LogP contribution in [0.5, 0.6) is 0 Å². The highest BCUT2D eigenvalue weighted by Crippen LogP contribution is 2.51. The maximum absolute atomic E-state index is 4.23. The lowest BCUT2D eigenvalue weighted by molar-refractivity contribution is 0.949. The molecule has 0 spiro atoms. The van der Waals surface area contributed by atoms with Gasteiger partial charge in [-0.2, -0.15) is 0 Å². The summed E-state index contributed by atoms with van der Waals surface area (Å²) >= 11 is 0. The van der Waals surface area contributed by atoms with Crippen molar-refractivity contribution >= 4 is 5.69 Å². The maximum atomic E-state index is 4.23. The molecule has 2 aromatic carbocycles. The molecule has 1 aliphatic carbocycles. The van der Waals surface area contributed by atoms with E-state index in [1.54, 1.807) is 0 Å². The monoisotopic (exact) mass is 263 g/mol. The molecule has 3 rings (SSSR count). The van der Waals surface area contributed by atoms with Crippen LogP contribution in [0, 0.1) is 19.8 Å². The minimum Gasteiger partial charge on any atom is -0.359 e. The Kier molecular flexibility index (Phi) is 3.35. The number of aryl methyl sites for hydroxylation is 2. The van der Waals surface area contributed by atoms with Gasteiger partial charge in [0, 0.05) is 17.3 Å². The fraction of sp³-hybridized carbons (Fsp3) is 0.263. The molecule has 1 saturated carbocycles. The summed E-state index contributed by atoms with van der Waals surface area (Å²) in [5.74, 6) is 1.21. The molecule has 102 valence electrons. The largest absolute Gasteiger partial charge is 0.359 e. The van der Waals surface area contributed by atoms with E-state index in [0.717, 1.165) is 11.4 Å². The summed E-state index contributed by atoms with van der Waals surface area (Å²) in [4.78, 5) is 0. The zero-order valence-electron chi connectivity index (χ0n) is 12.2. The van der Waals surface area contributed by atoms with E-state index < -0.39 is 0 Å². The van der Waals surface area contributed by atoms with Crippen molar-refractivity contribution in [2.45, 2.75) is 26.2 Å². The van der Waals surface area contributed by atoms with Crippen LogP contribution in [-0.4, -0.2) is 0 Å². The number of benzene rings is 2. The van der Waals surface area contributed by atoms with Crippen molar-refractivity contribution in [3.63, 3.8) is 0 Å². The van der Waals surface area contributed by atoms with Crippen LogP contribution in [0.1, 0.15) is 29.0 Å². The fourth-order valence-electron chi connectivity index (χ4n) is 2.75. The van der Waals surface area contributed by atoms with Gasteiger partial charge in [0.2, 0.25) is 0 Å². The number of allylic oxidation sites excluding steroid dienone is 1. The van der Waals surface area contributed by atoms with Gasteiger partial charge in [-0.3, -0.25) is 0 Å². The third-order valence-electron chi connectivity index (χ3n) is 4.28. The van der Waals surface area contributed by atoms with Gasteiger partial charge in [0.1, 0.15) is 0 Å². The lowest BCUT2D eigenvalue weighted by atomic mass is 10.1. The third kappa shape index (κ3) is 2.62. The van der Waals surface area contributed by atoms with Gasteiger partial charge in [-0.15, -0.1) is 0 Å². The first-order chi connectivity index (χ1) is 9.65. The number of nitrogens with one attached hydrogen (secondary N) is 1. The molecule has 0 amide bonds. The second kappa shape index (κ2) is 5.16. The van der Waals surface area contributed by atoms with Crippen molar-refractivity contribution < 1.29 is 0 Å². The van der Waals surface area contributed by atoms with Crippen LogP contribution in [0.4, 0.5) is 5.69 Å². The predicted molar refractivity (Wildman–Crippen MR) is 86.0 cm³/mol. The second-order valence-corrected chi connectivity index (χ2v) is 5.81. The summed E-state index contributed by atoms with van der Waals surface area (Å²) in [5.41, 5.74) is 6.37. The van der Waals surface area contributed by atoms with Crippen LogP contribution in [0.15, 0.2) is 60.8 Å². The van der Waals surface area contributed by atoms with Crippen LogP contribution in [0.25, 0.3) is 0 Å². The van der Waals surface area contributed by atoms with Crippen LogP contribution in [0.2, 0.25) is 0 Å². The molecule has 0 aliphatic heterocycles. The van der Waals surface area contributed by atoms with Gasteiger partial charge in [0.15, 0.2) is 0 Å². The molecule has 2 aromatic rings. The Morgan fingerprint density at radius 3 is 2.50 bits per heavy atom. The van der Waals surface area contributed by atoms with Crippen molar-refractivity contribution in [3.8, 4) is 0 Å². The van der Waals surface area contributed by atoms with Crippen molar-refractivity contribution in [3.05, 3.63) is 77.5 Å². The zero-order chi connectivity index (χ0) is 14.1. The highest BCUT2D eigenvalue weighted by molar-refractivity contribution is 5.53. The predicted octanol–water partition coefficient (Wildman–Crippen LogP) is 5.03. The molecule has 2 atom stereocenters. The van der Waals surface area contributed by atoms with Crippen molar-refractivity contribution in [1.29, 1.82) is 0 Å². The van der Waals surface area contributed by atoms with Crippen LogP contribution < -0.4 is 5.32 Å². The molecule has 1 aliphatic rings. The maximum Gasteiger partial charge on any atom is 0.0384 e. The summed E-state index contributed by atoms with van der Waals surface area (Å²) in [6.07, 6.45) is 1.21. The highest BCUT2D eigenvalue weighted by atomic mass is 14.9. The molecule has 0 aromatic heterocycles. The molecule has 2 unspecified atom stereocenters. The standard InChI is InChI=1S/C19H21N/c1-13-9-10-17(11-14(13)2)20-15(3)18-12-19(18)16-7-5-4-6-8-16/h4-11,18-20H,3,12H2,1-2H3. The Bertz CT molecular complexity index is 627. The molecule has 1 N–H and O–H groups in total. The fourth-order valence-corrected chi connectivity index (χ4v) is 2.75. The lowest BCUT2D eigenvalue weighted by Gasteiger charge is -2.11. The summed E-state index contributed by atoms with van der Waals surface area (Å²) in [6.45, 7) is 8.51. The number of anilines is 1. The van der Waals surface area contributed by atoms with Crippen LogP contribution >= 0.6 is 0 Å². The molecular formula is C19H21N. The van der Waals surface area contributed by atoms with Crippen molar-refractivity contribution in [2.75, 3.05) is 5.32 Å². The summed E-state index contributed by atoms with van der Waals surface area (Å²) in [5, 5.41) is 3.48. The smallest absolute Gasteiger partial charge is 0.0384 e. The molecule has 0 radical (unpaired) electrons. The highest BCUT2D eigenvalue weighted by Gasteiger charge is 2.40. The average molecular weight is 263 g/mol. The molecule has 1 nitrogen and oxygen atoms in total. The Balaban J connectivity index is 1.65. The number of hydrogen-bond acceptors (Lipinski definition) is 1. The Labute approximate surface area is 121 Å². The first kappa shape index (κ1) is 13.0. The first-order valence-electron chi connectivity index (χ1n) is 7.23. The number of rotatable bonds is 4. The van der Waals surface area contributed by atoms with Gasteiger partial charge in [-0.1, -0.05) is 43.0 Å². The lowest BCUT2D eigenvalue weighted by Crippen LogP contribution is -2.01. The molecule has 0 saturated heterocycles. The van der Waals surface area contributed by atoms with E-state index in [4.69, 9.17) is 0 Å². The zero-order valence-corrected chi connectivity index (χ0v) is 12.2. The van der Waals surface area contributed by atoms with Crippen LogP contribution in [0.3, 0.4) is 0 Å². The Morgan fingerprint density at radius 2 is 1.80 bits per heavy atom. The van der Waals surface area contributed by atoms with Crippen molar-refractivity contribution in [1.82, 2.24) is 0 Å². The molecule has 0 bridgehead atoms. The Morgan fingerprint density at radius 1 is 1.05 bits per heavy atom. The SMILES string of the molecule is C=C(Nc1ccc(C)c(C)c1)C1CC1c1ccccc1. The third-order valence-corrected chi connectivity index (χ3v) is 4.28. The minimum absolute atomic E-state index is 0.569. The molecule has 1 heteroatoms. The van der Waals surface area contributed by atoms with E-state index in [9.17, 15) is 0 Å². The van der Waals surface area contributed by atoms with E-state index in [1.165, 1.54) is 23.1 Å². The van der Waals surface area contributed by atoms with E-state index in [0.29, 0.717) is 11.8 Å². The van der Waals surface area contributed by atoms with Gasteiger partial charge < -0.3 is 5.32 Å². The summed E-state index contributed by atoms with van der Waals surface area (Å²) in [6, 6.07) is 17.2. The second-order valence-electron chi connectivity index (χ2n) is 5.81. The summed E-state index contributed by atoms with van der Waals surface area (Å²) in [7, 11) is 0. The Hall–Kier alpha value is -2.02. The topological polar surface area (TPSA) is 12.0 Å². The van der Waals surface area contributed by atoms with Gasteiger partial charge in [-0.25, -0.2) is 0 Å².